The van der Waals surface area contributed by atoms with Crippen LogP contribution in [0.3, 0.4) is 0 Å². The van der Waals surface area contributed by atoms with E-state index in [-0.39, 0.29) is 6.54 Å². The smallest absolute Gasteiger partial charge is 0.213 e. The van der Waals surface area contributed by atoms with Gasteiger partial charge >= 0.3 is 0 Å². The third-order valence-electron chi connectivity index (χ3n) is 2.68. The van der Waals surface area contributed by atoms with Crippen molar-refractivity contribution in [1.29, 1.82) is 0 Å². The van der Waals surface area contributed by atoms with Crippen LogP contribution >= 0.6 is 0 Å². The summed E-state index contributed by atoms with van der Waals surface area (Å²) < 4.78 is 15.1. The third-order valence-corrected chi connectivity index (χ3v) is 2.68. The van der Waals surface area contributed by atoms with Gasteiger partial charge in [-0.1, -0.05) is 6.58 Å². The summed E-state index contributed by atoms with van der Waals surface area (Å²) in [6, 6.07) is 0. The average Bonchev–Trinajstić information content (AvgIpc) is 2.35. The molecule has 6 N–H and O–H groups in total. The second-order valence-corrected chi connectivity index (χ2v) is 3.94. The topological polar surface area (TPSA) is 135 Å². The van der Waals surface area contributed by atoms with Gasteiger partial charge in [0.1, 0.15) is 30.2 Å². The van der Waals surface area contributed by atoms with E-state index in [0.717, 1.165) is 0 Å². The molecule has 1 rings (SSSR count). The van der Waals surface area contributed by atoms with Crippen LogP contribution in [-0.4, -0.2) is 71.1 Å². The average molecular weight is 265 g/mol. The van der Waals surface area contributed by atoms with Gasteiger partial charge in [-0.3, -0.25) is 0 Å². The lowest BCUT2D eigenvalue weighted by atomic mass is 9.98. The van der Waals surface area contributed by atoms with E-state index in [4.69, 9.17) is 25.1 Å². The Labute approximate surface area is 104 Å². The van der Waals surface area contributed by atoms with Crippen molar-refractivity contribution >= 4 is 0 Å². The van der Waals surface area contributed by atoms with Gasteiger partial charge in [0, 0.05) is 13.7 Å². The zero-order valence-electron chi connectivity index (χ0n) is 9.97. The lowest BCUT2D eigenvalue weighted by Crippen LogP contribution is -2.61. The largest absolute Gasteiger partial charge is 0.508 e. The van der Waals surface area contributed by atoms with E-state index < -0.39 is 42.8 Å². The van der Waals surface area contributed by atoms with Crippen molar-refractivity contribution in [3.05, 3.63) is 12.3 Å². The Morgan fingerprint density at radius 2 is 2.06 bits per heavy atom. The minimum Gasteiger partial charge on any atom is -0.508 e. The van der Waals surface area contributed by atoms with Crippen molar-refractivity contribution in [2.75, 3.05) is 13.7 Å². The summed E-state index contributed by atoms with van der Waals surface area (Å²) in [5, 5.41) is 37.8. The first-order chi connectivity index (χ1) is 8.42. The van der Waals surface area contributed by atoms with Crippen LogP contribution in [0, 0.1) is 0 Å². The fraction of sp³-hybridized carbons (Fsp3) is 0.800. The molecular weight excluding hydrogens is 246 g/mol. The molecule has 8 heteroatoms. The summed E-state index contributed by atoms with van der Waals surface area (Å²) in [7, 11) is 1.31. The van der Waals surface area contributed by atoms with E-state index in [9.17, 15) is 15.3 Å². The molecule has 0 radical (unpaired) electrons. The highest BCUT2D eigenvalue weighted by molar-refractivity contribution is 4.93. The minimum absolute atomic E-state index is 0.0288. The monoisotopic (exact) mass is 265 g/mol. The number of ether oxygens (including phenoxy) is 3. The first-order valence-corrected chi connectivity index (χ1v) is 5.38. The lowest BCUT2D eigenvalue weighted by Gasteiger charge is -2.42. The number of methoxy groups -OCH3 is 1. The zero-order chi connectivity index (χ0) is 13.9. The number of nitrogens with two attached hydrogens (primary N) is 1. The molecule has 0 bridgehead atoms. The SMILES string of the molecule is C=C(O)C(O)OC1C(CN)OC(OC)C(O)C1O. The fourth-order valence-corrected chi connectivity index (χ4v) is 1.69. The molecule has 1 fully saturated rings. The number of aliphatic hydroxyl groups excluding tert-OH is 4. The van der Waals surface area contributed by atoms with Gasteiger partial charge in [-0.15, -0.1) is 0 Å². The van der Waals surface area contributed by atoms with E-state index >= 15 is 0 Å². The van der Waals surface area contributed by atoms with Crippen molar-refractivity contribution < 1.29 is 34.6 Å². The van der Waals surface area contributed by atoms with Gasteiger partial charge in [0.25, 0.3) is 0 Å². The molecule has 0 spiro atoms. The van der Waals surface area contributed by atoms with Crippen LogP contribution in [0.15, 0.2) is 12.3 Å². The summed E-state index contributed by atoms with van der Waals surface area (Å²) in [6.07, 6.45) is -7.40. The van der Waals surface area contributed by atoms with Crippen molar-refractivity contribution in [2.45, 2.75) is 37.0 Å². The first kappa shape index (κ1) is 15.3. The van der Waals surface area contributed by atoms with Gasteiger partial charge in [-0.2, -0.15) is 0 Å². The predicted octanol–water partition coefficient (Wildman–Crippen LogP) is -2.19. The highest BCUT2D eigenvalue weighted by Gasteiger charge is 2.45. The molecule has 1 aliphatic rings. The zero-order valence-corrected chi connectivity index (χ0v) is 9.97. The molecule has 106 valence electrons. The molecule has 1 saturated heterocycles. The normalized spacial score (nSPS) is 38.4. The molecular formula is C10H19NO7. The molecule has 0 aromatic rings. The Hall–Kier alpha value is -0.740. The number of hydrogen-bond acceptors (Lipinski definition) is 8. The van der Waals surface area contributed by atoms with E-state index in [1.54, 1.807) is 0 Å². The van der Waals surface area contributed by atoms with Gasteiger partial charge in [-0.05, 0) is 0 Å². The maximum atomic E-state index is 9.86. The van der Waals surface area contributed by atoms with Crippen molar-refractivity contribution in [3.8, 4) is 0 Å². The number of aliphatic hydroxyl groups is 4. The van der Waals surface area contributed by atoms with Crippen molar-refractivity contribution in [2.24, 2.45) is 5.73 Å². The van der Waals surface area contributed by atoms with E-state index in [0.29, 0.717) is 0 Å². The molecule has 0 aromatic carbocycles. The first-order valence-electron chi connectivity index (χ1n) is 5.38. The Kier molecular flexibility index (Phi) is 5.47. The maximum absolute atomic E-state index is 9.86. The molecule has 0 aromatic heterocycles. The molecule has 18 heavy (non-hydrogen) atoms. The van der Waals surface area contributed by atoms with Gasteiger partial charge < -0.3 is 40.4 Å². The van der Waals surface area contributed by atoms with Crippen LogP contribution in [-0.2, 0) is 14.2 Å². The predicted molar refractivity (Wildman–Crippen MR) is 59.4 cm³/mol. The van der Waals surface area contributed by atoms with Crippen LogP contribution in [0.2, 0.25) is 0 Å². The van der Waals surface area contributed by atoms with Crippen LogP contribution < -0.4 is 5.73 Å². The van der Waals surface area contributed by atoms with Crippen LogP contribution in [0.25, 0.3) is 0 Å². The van der Waals surface area contributed by atoms with E-state index in [1.165, 1.54) is 7.11 Å². The molecule has 0 aliphatic carbocycles. The van der Waals surface area contributed by atoms with Crippen molar-refractivity contribution in [1.82, 2.24) is 0 Å². The molecule has 0 amide bonds. The molecule has 1 aliphatic heterocycles. The van der Waals surface area contributed by atoms with E-state index in [1.807, 2.05) is 0 Å². The maximum Gasteiger partial charge on any atom is 0.213 e. The minimum atomic E-state index is -1.70. The Morgan fingerprint density at radius 1 is 1.44 bits per heavy atom. The second kappa shape index (κ2) is 6.43. The summed E-state index contributed by atoms with van der Waals surface area (Å²) in [5.41, 5.74) is 5.45. The van der Waals surface area contributed by atoms with Crippen LogP contribution in [0.5, 0.6) is 0 Å². The third kappa shape index (κ3) is 3.18. The number of rotatable bonds is 5. The summed E-state index contributed by atoms with van der Waals surface area (Å²) in [4.78, 5) is 0. The summed E-state index contributed by atoms with van der Waals surface area (Å²) in [5.74, 6) is -0.624. The molecule has 1 heterocycles. The van der Waals surface area contributed by atoms with E-state index in [2.05, 4.69) is 6.58 Å². The van der Waals surface area contributed by atoms with Gasteiger partial charge in [0.05, 0.1) is 0 Å². The summed E-state index contributed by atoms with van der Waals surface area (Å²) >= 11 is 0. The quantitative estimate of drug-likeness (QED) is 0.279. The standard InChI is InChI=1S/C10H19NO7/c1-4(12)9(15)18-8-5(3-11)17-10(16-2)7(14)6(8)13/h5-10,12-15H,1,3,11H2,2H3. The molecule has 0 saturated carbocycles. The highest BCUT2D eigenvalue weighted by Crippen LogP contribution is 2.24. The van der Waals surface area contributed by atoms with Crippen LogP contribution in [0.4, 0.5) is 0 Å². The van der Waals surface area contributed by atoms with Crippen molar-refractivity contribution in [3.63, 3.8) is 0 Å². The van der Waals surface area contributed by atoms with Gasteiger partial charge in [0.2, 0.25) is 6.29 Å². The Bertz CT molecular complexity index is 285. The second-order valence-electron chi connectivity index (χ2n) is 3.94. The lowest BCUT2D eigenvalue weighted by molar-refractivity contribution is -0.310. The molecule has 6 unspecified atom stereocenters. The van der Waals surface area contributed by atoms with Crippen LogP contribution in [0.1, 0.15) is 0 Å². The number of hydrogen-bond donors (Lipinski definition) is 5. The fourth-order valence-electron chi connectivity index (χ4n) is 1.69. The Morgan fingerprint density at radius 3 is 2.50 bits per heavy atom. The van der Waals surface area contributed by atoms with Gasteiger partial charge in [-0.25, -0.2) is 0 Å². The summed E-state index contributed by atoms with van der Waals surface area (Å²) in [6.45, 7) is 3.06. The van der Waals surface area contributed by atoms with Gasteiger partial charge in [0.15, 0.2) is 6.29 Å². The molecule has 8 nitrogen and oxygen atoms in total. The highest BCUT2D eigenvalue weighted by atomic mass is 16.7. The Balaban J connectivity index is 2.77. The molecule has 6 atom stereocenters.